The van der Waals surface area contributed by atoms with Crippen LogP contribution in [0.5, 0.6) is 0 Å². The SMILES string of the molecule is Cc1nnc(SCC2=C(C(=O)O)N3C(=O)C(NC(=O)Cc4ccccc4NC(=O)N(C)C(=O)CCCc4ccccc4)[C@H]3SC2)s1. The molecule has 1 unspecified atom stereocenters. The normalized spacial score (nSPS) is 17.2. The van der Waals surface area contributed by atoms with Gasteiger partial charge in [-0.15, -0.1) is 22.0 Å². The second kappa shape index (κ2) is 14.9. The first-order chi connectivity index (χ1) is 22.1. The number of carbonyl (C=O) groups is 5. The van der Waals surface area contributed by atoms with E-state index >= 15 is 0 Å². The van der Waals surface area contributed by atoms with Crippen LogP contribution in [0.4, 0.5) is 10.5 Å². The summed E-state index contributed by atoms with van der Waals surface area (Å²) >= 11 is 4.18. The molecule has 5 amide bonds. The molecule has 3 aromatic rings. The van der Waals surface area contributed by atoms with E-state index in [-0.39, 0.29) is 24.4 Å². The minimum Gasteiger partial charge on any atom is -0.477 e. The Kier molecular flexibility index (Phi) is 10.8. The average Bonchev–Trinajstić information content (AvgIpc) is 3.47. The third kappa shape index (κ3) is 7.77. The Balaban J connectivity index is 1.15. The molecule has 3 N–H and O–H groups in total. The highest BCUT2D eigenvalue weighted by Gasteiger charge is 2.54. The number of nitrogens with one attached hydrogen (secondary N) is 2. The molecule has 1 fully saturated rings. The van der Waals surface area contributed by atoms with Crippen LogP contribution >= 0.6 is 34.9 Å². The summed E-state index contributed by atoms with van der Waals surface area (Å²) in [7, 11) is 1.41. The van der Waals surface area contributed by atoms with E-state index in [0.717, 1.165) is 26.2 Å². The number of β-lactam (4-membered cyclic amide) rings is 1. The fourth-order valence-electron chi connectivity index (χ4n) is 5.04. The van der Waals surface area contributed by atoms with Gasteiger partial charge in [0, 0.05) is 30.7 Å². The zero-order chi connectivity index (χ0) is 32.8. The molecule has 3 heterocycles. The lowest BCUT2D eigenvalue weighted by Crippen LogP contribution is -2.70. The number of fused-ring (bicyclic) bond motifs is 1. The summed E-state index contributed by atoms with van der Waals surface area (Å²) in [5.41, 5.74) is 2.53. The number of imide groups is 1. The fraction of sp³-hybridized carbons (Fsp3) is 0.323. The Bertz CT molecular complexity index is 1680. The second-order valence-corrected chi connectivity index (χ2v) is 14.2. The van der Waals surface area contributed by atoms with Crippen molar-refractivity contribution in [1.82, 2.24) is 25.3 Å². The number of aryl methyl sites for hydroxylation is 2. The molecular formula is C31H32N6O6S3. The molecule has 1 saturated heterocycles. The van der Waals surface area contributed by atoms with Crippen LogP contribution < -0.4 is 10.6 Å². The van der Waals surface area contributed by atoms with E-state index in [1.54, 1.807) is 24.3 Å². The zero-order valence-corrected chi connectivity index (χ0v) is 27.5. The molecule has 0 saturated carbocycles. The van der Waals surface area contributed by atoms with E-state index in [4.69, 9.17) is 0 Å². The number of carboxylic acid groups (broad SMARTS) is 1. The number of aliphatic carboxylic acids is 1. The number of benzene rings is 2. The summed E-state index contributed by atoms with van der Waals surface area (Å²) < 4.78 is 0.718. The summed E-state index contributed by atoms with van der Waals surface area (Å²) in [6.07, 6.45) is 1.38. The topological polar surface area (TPSA) is 162 Å². The molecular weight excluding hydrogens is 649 g/mol. The third-order valence-electron chi connectivity index (χ3n) is 7.43. The largest absolute Gasteiger partial charge is 0.477 e. The summed E-state index contributed by atoms with van der Waals surface area (Å²) in [5.74, 6) is -1.73. The number of rotatable bonds is 12. The van der Waals surface area contributed by atoms with Crippen LogP contribution in [0.1, 0.15) is 29.0 Å². The van der Waals surface area contributed by atoms with Crippen LogP contribution in [0.3, 0.4) is 0 Å². The number of amides is 5. The molecule has 12 nitrogen and oxygen atoms in total. The molecule has 240 valence electrons. The van der Waals surface area contributed by atoms with Crippen molar-refractivity contribution < 1.29 is 29.1 Å². The van der Waals surface area contributed by atoms with Crippen LogP contribution in [-0.2, 0) is 32.0 Å². The molecule has 0 bridgehead atoms. The number of thioether (sulfide) groups is 2. The van der Waals surface area contributed by atoms with Crippen molar-refractivity contribution in [3.8, 4) is 0 Å². The van der Waals surface area contributed by atoms with E-state index in [1.165, 1.54) is 46.8 Å². The molecule has 1 aromatic heterocycles. The second-order valence-electron chi connectivity index (χ2n) is 10.6. The summed E-state index contributed by atoms with van der Waals surface area (Å²) in [6, 6.07) is 15.0. The number of carboxylic acids is 1. The number of para-hydroxylation sites is 1. The lowest BCUT2D eigenvalue weighted by Gasteiger charge is -2.49. The molecule has 46 heavy (non-hydrogen) atoms. The number of nitrogens with zero attached hydrogens (tertiary/aromatic N) is 4. The highest BCUT2D eigenvalue weighted by atomic mass is 32.2. The van der Waals surface area contributed by atoms with Crippen LogP contribution in [0.15, 0.2) is 70.2 Å². The van der Waals surface area contributed by atoms with Gasteiger partial charge in [-0.3, -0.25) is 24.2 Å². The lowest BCUT2D eigenvalue weighted by molar-refractivity contribution is -0.150. The van der Waals surface area contributed by atoms with Crippen molar-refractivity contribution in [2.45, 2.75) is 48.4 Å². The number of hydrogen-bond acceptors (Lipinski definition) is 10. The van der Waals surface area contributed by atoms with Crippen molar-refractivity contribution in [2.75, 3.05) is 23.9 Å². The molecule has 2 aliphatic rings. The minimum absolute atomic E-state index is 0.0558. The Morgan fingerprint density at radius 1 is 1.09 bits per heavy atom. The molecule has 15 heteroatoms. The van der Waals surface area contributed by atoms with Gasteiger partial charge in [0.15, 0.2) is 4.34 Å². The highest BCUT2D eigenvalue weighted by molar-refractivity contribution is 8.01. The molecule has 2 aliphatic heterocycles. The van der Waals surface area contributed by atoms with Crippen LogP contribution in [-0.4, -0.2) is 84.8 Å². The van der Waals surface area contributed by atoms with Gasteiger partial charge < -0.3 is 15.7 Å². The fourth-order valence-corrected chi connectivity index (χ4v) is 8.34. The molecule has 0 spiro atoms. The molecule has 5 rings (SSSR count). The Labute approximate surface area is 278 Å². The molecule has 2 atom stereocenters. The van der Waals surface area contributed by atoms with Crippen molar-refractivity contribution in [2.24, 2.45) is 0 Å². The van der Waals surface area contributed by atoms with Gasteiger partial charge in [-0.2, -0.15) is 0 Å². The number of urea groups is 1. The van der Waals surface area contributed by atoms with E-state index in [9.17, 15) is 29.1 Å². The number of carbonyl (C=O) groups excluding carboxylic acids is 4. The van der Waals surface area contributed by atoms with Gasteiger partial charge in [-0.05, 0) is 42.5 Å². The van der Waals surface area contributed by atoms with Gasteiger partial charge in [0.2, 0.25) is 11.8 Å². The predicted octanol–water partition coefficient (Wildman–Crippen LogP) is 3.93. The monoisotopic (exact) mass is 680 g/mol. The number of aromatic nitrogens is 2. The maximum atomic E-state index is 13.1. The van der Waals surface area contributed by atoms with Crippen molar-refractivity contribution >= 4 is 70.3 Å². The zero-order valence-electron chi connectivity index (χ0n) is 25.1. The predicted molar refractivity (Wildman–Crippen MR) is 176 cm³/mol. The first kappa shape index (κ1) is 33.2. The van der Waals surface area contributed by atoms with E-state index in [1.807, 2.05) is 37.3 Å². The molecule has 0 radical (unpaired) electrons. The van der Waals surface area contributed by atoms with E-state index < -0.39 is 35.2 Å². The average molecular weight is 681 g/mol. The van der Waals surface area contributed by atoms with Gasteiger partial charge in [0.25, 0.3) is 5.91 Å². The first-order valence-electron chi connectivity index (χ1n) is 14.4. The molecule has 2 aromatic carbocycles. The third-order valence-corrected chi connectivity index (χ3v) is 10.8. The van der Waals surface area contributed by atoms with Crippen LogP contribution in [0.2, 0.25) is 0 Å². The standard InChI is InChI=1S/C31H32N6O6S3/c1-18-34-35-31(46-18)45-17-21-16-44-28-25(27(40)37(28)26(21)29(41)42)33-23(38)15-20-12-6-7-13-22(20)32-30(43)36(2)24(39)14-8-11-19-9-4-3-5-10-19/h3-7,9-10,12-13,25,28H,8,11,14-17H2,1-2H3,(H,32,43)(H,33,38)(H,41,42)/t25?,28-/m1/s1. The van der Waals surface area contributed by atoms with Crippen LogP contribution in [0.25, 0.3) is 0 Å². The quantitative estimate of drug-likeness (QED) is 0.189. The van der Waals surface area contributed by atoms with Crippen molar-refractivity contribution in [3.05, 3.63) is 82.0 Å². The van der Waals surface area contributed by atoms with Gasteiger partial charge in [-0.1, -0.05) is 71.6 Å². The maximum Gasteiger partial charge on any atom is 0.352 e. The van der Waals surface area contributed by atoms with Crippen molar-refractivity contribution in [1.29, 1.82) is 0 Å². The van der Waals surface area contributed by atoms with Gasteiger partial charge in [-0.25, -0.2) is 9.59 Å². The summed E-state index contributed by atoms with van der Waals surface area (Å²) in [5, 5.41) is 23.7. The van der Waals surface area contributed by atoms with E-state index in [0.29, 0.717) is 34.8 Å². The summed E-state index contributed by atoms with van der Waals surface area (Å²) in [4.78, 5) is 66.1. The van der Waals surface area contributed by atoms with E-state index in [2.05, 4.69) is 20.8 Å². The Morgan fingerprint density at radius 3 is 2.54 bits per heavy atom. The molecule has 0 aliphatic carbocycles. The van der Waals surface area contributed by atoms with Crippen molar-refractivity contribution in [3.63, 3.8) is 0 Å². The van der Waals surface area contributed by atoms with Gasteiger partial charge in [0.1, 0.15) is 22.1 Å². The maximum absolute atomic E-state index is 13.1. The van der Waals surface area contributed by atoms with Gasteiger partial charge in [0.05, 0.1) is 6.42 Å². The lowest BCUT2D eigenvalue weighted by atomic mass is 10.0. The Hall–Kier alpha value is -4.21. The Morgan fingerprint density at radius 2 is 1.83 bits per heavy atom. The first-order valence-corrected chi connectivity index (χ1v) is 17.3. The number of anilines is 1. The minimum atomic E-state index is -1.20. The van der Waals surface area contributed by atoms with Gasteiger partial charge >= 0.3 is 12.0 Å². The highest BCUT2D eigenvalue weighted by Crippen LogP contribution is 2.41. The summed E-state index contributed by atoms with van der Waals surface area (Å²) in [6.45, 7) is 1.84. The van der Waals surface area contributed by atoms with Crippen LogP contribution in [0, 0.1) is 6.92 Å². The number of hydrogen-bond donors (Lipinski definition) is 3. The smallest absolute Gasteiger partial charge is 0.352 e.